The summed E-state index contributed by atoms with van der Waals surface area (Å²) in [4.78, 5) is 12.3. The lowest BCUT2D eigenvalue weighted by Crippen LogP contribution is -2.31. The topological polar surface area (TPSA) is 40.5 Å². The summed E-state index contributed by atoms with van der Waals surface area (Å²) in [5.74, 6) is -5.01. The van der Waals surface area contributed by atoms with Crippen molar-refractivity contribution in [1.29, 1.82) is 0 Å². The molecule has 0 spiro atoms. The van der Waals surface area contributed by atoms with Gasteiger partial charge in [0.05, 0.1) is 6.54 Å². The number of aliphatic carboxylic acids is 1. The summed E-state index contributed by atoms with van der Waals surface area (Å²) in [6, 6.07) is 1.93. The van der Waals surface area contributed by atoms with Gasteiger partial charge in [-0.25, -0.2) is 13.2 Å². The first-order valence-corrected chi connectivity index (χ1v) is 5.56. The Morgan fingerprint density at radius 3 is 2.28 bits per heavy atom. The zero-order valence-corrected chi connectivity index (χ0v) is 9.50. The number of nitrogens with zero attached hydrogens (tertiary/aromatic N) is 1. The van der Waals surface area contributed by atoms with Gasteiger partial charge in [0, 0.05) is 12.6 Å². The molecule has 2 rings (SSSR count). The van der Waals surface area contributed by atoms with Gasteiger partial charge < -0.3 is 5.11 Å². The lowest BCUT2D eigenvalue weighted by atomic mass is 10.2. The fourth-order valence-corrected chi connectivity index (χ4v) is 1.86. The third kappa shape index (κ3) is 3.01. The fraction of sp³-hybridized carbons (Fsp3) is 0.417. The Kier molecular flexibility index (Phi) is 3.56. The van der Waals surface area contributed by atoms with Gasteiger partial charge in [-0.15, -0.1) is 0 Å². The largest absolute Gasteiger partial charge is 0.480 e. The zero-order chi connectivity index (χ0) is 13.3. The first-order valence-electron chi connectivity index (χ1n) is 5.56. The van der Waals surface area contributed by atoms with Gasteiger partial charge in [-0.3, -0.25) is 9.69 Å². The summed E-state index contributed by atoms with van der Waals surface area (Å²) in [5, 5.41) is 8.74. The average Bonchev–Trinajstić information content (AvgIpc) is 3.08. The van der Waals surface area contributed by atoms with Crippen molar-refractivity contribution in [3.8, 4) is 0 Å². The van der Waals surface area contributed by atoms with Crippen molar-refractivity contribution >= 4 is 5.97 Å². The monoisotopic (exact) mass is 259 g/mol. The van der Waals surface area contributed by atoms with E-state index in [4.69, 9.17) is 5.11 Å². The predicted octanol–water partition coefficient (Wildman–Crippen LogP) is 2.15. The van der Waals surface area contributed by atoms with E-state index in [1.165, 1.54) is 0 Å². The molecule has 0 radical (unpaired) electrons. The van der Waals surface area contributed by atoms with E-state index in [9.17, 15) is 18.0 Å². The molecule has 98 valence electrons. The third-order valence-electron chi connectivity index (χ3n) is 2.83. The number of carboxylic acid groups (broad SMARTS) is 1. The lowest BCUT2D eigenvalue weighted by molar-refractivity contribution is -0.138. The highest BCUT2D eigenvalue weighted by Gasteiger charge is 2.30. The van der Waals surface area contributed by atoms with Crippen LogP contribution in [0, 0.1) is 17.5 Å². The summed E-state index contributed by atoms with van der Waals surface area (Å²) in [6.45, 7) is -0.0869. The van der Waals surface area contributed by atoms with E-state index in [0.29, 0.717) is 0 Å². The SMILES string of the molecule is O=C(O)CN(Cc1cc(F)c(F)c(F)c1)C1CC1. The van der Waals surface area contributed by atoms with Crippen molar-refractivity contribution in [3.63, 3.8) is 0 Å². The molecular weight excluding hydrogens is 247 g/mol. The van der Waals surface area contributed by atoms with Crippen LogP contribution in [-0.4, -0.2) is 28.6 Å². The quantitative estimate of drug-likeness (QED) is 0.824. The Morgan fingerprint density at radius 2 is 1.83 bits per heavy atom. The second kappa shape index (κ2) is 4.97. The predicted molar refractivity (Wildman–Crippen MR) is 57.4 cm³/mol. The first-order chi connectivity index (χ1) is 8.47. The molecule has 0 heterocycles. The second-order valence-corrected chi connectivity index (χ2v) is 4.40. The van der Waals surface area contributed by atoms with E-state index in [1.54, 1.807) is 4.90 Å². The Bertz CT molecular complexity index is 451. The molecule has 1 N–H and O–H groups in total. The summed E-state index contributed by atoms with van der Waals surface area (Å²) >= 11 is 0. The molecule has 18 heavy (non-hydrogen) atoms. The average molecular weight is 259 g/mol. The molecule has 1 aromatic carbocycles. The fourth-order valence-electron chi connectivity index (χ4n) is 1.86. The van der Waals surface area contributed by atoms with E-state index in [0.717, 1.165) is 25.0 Å². The Hall–Kier alpha value is -1.56. The van der Waals surface area contributed by atoms with Gasteiger partial charge in [0.1, 0.15) is 0 Å². The Labute approximate surface area is 102 Å². The molecule has 3 nitrogen and oxygen atoms in total. The summed E-state index contributed by atoms with van der Waals surface area (Å²) < 4.78 is 38.8. The molecule has 6 heteroatoms. The van der Waals surface area contributed by atoms with Crippen LogP contribution in [0.15, 0.2) is 12.1 Å². The van der Waals surface area contributed by atoms with Crippen molar-refractivity contribution in [2.75, 3.05) is 6.54 Å². The van der Waals surface area contributed by atoms with Crippen LogP contribution in [0.3, 0.4) is 0 Å². The van der Waals surface area contributed by atoms with Gasteiger partial charge in [-0.1, -0.05) is 0 Å². The van der Waals surface area contributed by atoms with Gasteiger partial charge in [0.25, 0.3) is 0 Å². The standard InChI is InChI=1S/C12H12F3NO2/c13-9-3-7(4-10(14)12(9)15)5-16(6-11(17)18)8-1-2-8/h3-4,8H,1-2,5-6H2,(H,17,18). The minimum absolute atomic E-state index is 0.102. The summed E-state index contributed by atoms with van der Waals surface area (Å²) in [6.07, 6.45) is 1.75. The number of halogens is 3. The maximum absolute atomic E-state index is 13.0. The van der Waals surface area contributed by atoms with Gasteiger partial charge in [0.2, 0.25) is 0 Å². The normalized spacial score (nSPS) is 15.1. The van der Waals surface area contributed by atoms with Gasteiger partial charge in [0.15, 0.2) is 17.5 Å². The number of hydrogen-bond donors (Lipinski definition) is 1. The van der Waals surface area contributed by atoms with Crippen molar-refractivity contribution < 1.29 is 23.1 Å². The summed E-state index contributed by atoms with van der Waals surface area (Å²) in [5.41, 5.74) is 0.236. The van der Waals surface area contributed by atoms with Crippen LogP contribution in [0.5, 0.6) is 0 Å². The van der Waals surface area contributed by atoms with Crippen LogP contribution in [0.25, 0.3) is 0 Å². The zero-order valence-electron chi connectivity index (χ0n) is 9.50. The molecule has 1 aliphatic carbocycles. The highest BCUT2D eigenvalue weighted by atomic mass is 19.2. The molecule has 0 unspecified atom stereocenters. The molecule has 0 bridgehead atoms. The highest BCUT2D eigenvalue weighted by molar-refractivity contribution is 5.69. The maximum Gasteiger partial charge on any atom is 0.317 e. The van der Waals surface area contributed by atoms with Crippen LogP contribution < -0.4 is 0 Å². The molecule has 1 saturated carbocycles. The molecule has 1 aliphatic rings. The summed E-state index contributed by atoms with van der Waals surface area (Å²) in [7, 11) is 0. The van der Waals surface area contributed by atoms with Crippen LogP contribution in [0.2, 0.25) is 0 Å². The Balaban J connectivity index is 2.13. The Morgan fingerprint density at radius 1 is 1.28 bits per heavy atom. The van der Waals surface area contributed by atoms with E-state index in [1.807, 2.05) is 0 Å². The van der Waals surface area contributed by atoms with Crippen molar-refractivity contribution in [2.24, 2.45) is 0 Å². The molecule has 1 fully saturated rings. The number of hydrogen-bond acceptors (Lipinski definition) is 2. The van der Waals surface area contributed by atoms with E-state index < -0.39 is 23.4 Å². The van der Waals surface area contributed by atoms with Crippen molar-refractivity contribution in [3.05, 3.63) is 35.1 Å². The lowest BCUT2D eigenvalue weighted by Gasteiger charge is -2.19. The molecule has 0 aliphatic heterocycles. The molecule has 0 amide bonds. The highest BCUT2D eigenvalue weighted by Crippen LogP contribution is 2.28. The second-order valence-electron chi connectivity index (χ2n) is 4.40. The van der Waals surface area contributed by atoms with E-state index in [2.05, 4.69) is 0 Å². The van der Waals surface area contributed by atoms with E-state index >= 15 is 0 Å². The first kappa shape index (κ1) is 12.9. The van der Waals surface area contributed by atoms with E-state index in [-0.39, 0.29) is 24.7 Å². The van der Waals surface area contributed by atoms with Crippen molar-refractivity contribution in [2.45, 2.75) is 25.4 Å². The van der Waals surface area contributed by atoms with Gasteiger partial charge in [-0.05, 0) is 30.5 Å². The third-order valence-corrected chi connectivity index (χ3v) is 2.83. The van der Waals surface area contributed by atoms with Crippen molar-refractivity contribution in [1.82, 2.24) is 4.90 Å². The minimum atomic E-state index is -1.50. The number of carbonyl (C=O) groups is 1. The number of carboxylic acids is 1. The van der Waals surface area contributed by atoms with Gasteiger partial charge >= 0.3 is 5.97 Å². The van der Waals surface area contributed by atoms with Crippen LogP contribution in [0.4, 0.5) is 13.2 Å². The maximum atomic E-state index is 13.0. The molecular formula is C12H12F3NO2. The van der Waals surface area contributed by atoms with Crippen LogP contribution in [-0.2, 0) is 11.3 Å². The smallest absolute Gasteiger partial charge is 0.317 e. The van der Waals surface area contributed by atoms with Crippen LogP contribution in [0.1, 0.15) is 18.4 Å². The molecule has 0 atom stereocenters. The van der Waals surface area contributed by atoms with Gasteiger partial charge in [-0.2, -0.15) is 0 Å². The number of rotatable bonds is 5. The minimum Gasteiger partial charge on any atom is -0.480 e. The van der Waals surface area contributed by atoms with Crippen LogP contribution >= 0.6 is 0 Å². The molecule has 0 aromatic heterocycles. The number of benzene rings is 1. The molecule has 1 aromatic rings. The molecule has 0 saturated heterocycles.